The Balaban J connectivity index is 0.992. The molecule has 29 atom stereocenters. The minimum Gasteiger partial charge on any atom is -0.396 e. The summed E-state index contributed by atoms with van der Waals surface area (Å²) in [6.07, 6.45) is -23.6. The lowest BCUT2D eigenvalue weighted by Gasteiger charge is -2.71. The Kier molecular flexibility index (Phi) is 17.1. The van der Waals surface area contributed by atoms with Crippen LogP contribution in [0.1, 0.15) is 113 Å². The van der Waals surface area contributed by atoms with Crippen molar-refractivity contribution in [3.05, 3.63) is 11.6 Å². The monoisotopic (exact) mass is 1090 g/mol. The molecule has 22 nitrogen and oxygen atoms in total. The molecule has 0 bridgehead atoms. The molecular weight excluding hydrogens is 1000 g/mol. The highest BCUT2D eigenvalue weighted by molar-refractivity contribution is 5.34. The first-order valence-electron chi connectivity index (χ1n) is 27.8. The Hall–Kier alpha value is -1.14. The fourth-order valence-electron chi connectivity index (χ4n) is 16.6. The van der Waals surface area contributed by atoms with Crippen molar-refractivity contribution in [2.75, 3.05) is 33.0 Å². The van der Waals surface area contributed by atoms with E-state index in [0.29, 0.717) is 18.8 Å². The van der Waals surface area contributed by atoms with Crippen molar-refractivity contribution in [3.8, 4) is 0 Å². The van der Waals surface area contributed by atoms with Crippen molar-refractivity contribution >= 4 is 0 Å². The van der Waals surface area contributed by atoms with E-state index in [1.807, 2.05) is 6.92 Å². The molecule has 4 saturated heterocycles. The van der Waals surface area contributed by atoms with Gasteiger partial charge in [-0.15, -0.1) is 0 Å². The van der Waals surface area contributed by atoms with Crippen molar-refractivity contribution in [3.63, 3.8) is 0 Å². The molecule has 8 fully saturated rings. The molecule has 4 saturated carbocycles. The first-order valence-corrected chi connectivity index (χ1v) is 27.8. The summed E-state index contributed by atoms with van der Waals surface area (Å²) in [4.78, 5) is 0. The van der Waals surface area contributed by atoms with Crippen LogP contribution in [0, 0.1) is 50.2 Å². The van der Waals surface area contributed by atoms with Gasteiger partial charge < -0.3 is 109 Å². The summed E-state index contributed by atoms with van der Waals surface area (Å²) in [6.45, 7) is 13.0. The lowest BCUT2D eigenvalue weighted by molar-refractivity contribution is -0.403. The molecule has 5 aliphatic carbocycles. The molecule has 0 amide bonds. The Bertz CT molecular complexity index is 2030. The van der Waals surface area contributed by atoms with Crippen LogP contribution >= 0.6 is 0 Å². The van der Waals surface area contributed by atoms with E-state index >= 15 is 0 Å². The molecule has 4 heterocycles. The number of hydrogen-bond acceptors (Lipinski definition) is 22. The third-order valence-electron chi connectivity index (χ3n) is 21.7. The van der Waals surface area contributed by atoms with Gasteiger partial charge in [0.05, 0.1) is 38.6 Å². The highest BCUT2D eigenvalue weighted by atomic mass is 16.8. The molecule has 76 heavy (non-hydrogen) atoms. The lowest BCUT2D eigenvalue weighted by atomic mass is 9.33. The molecule has 0 radical (unpaired) electrons. The summed E-state index contributed by atoms with van der Waals surface area (Å²) in [5.41, 5.74) is 0.255. The van der Waals surface area contributed by atoms with E-state index in [-0.39, 0.29) is 52.1 Å². The Labute approximate surface area is 444 Å². The van der Waals surface area contributed by atoms with E-state index in [9.17, 15) is 71.5 Å². The predicted octanol–water partition coefficient (Wildman–Crippen LogP) is -1.56. The van der Waals surface area contributed by atoms with Gasteiger partial charge in [-0.25, -0.2) is 0 Å². The molecule has 2 unspecified atom stereocenters. The van der Waals surface area contributed by atoms with Crippen LogP contribution in [0.3, 0.4) is 0 Å². The average molecular weight is 1090 g/mol. The van der Waals surface area contributed by atoms with Gasteiger partial charge in [0, 0.05) is 17.4 Å². The van der Waals surface area contributed by atoms with Gasteiger partial charge in [0.25, 0.3) is 0 Å². The van der Waals surface area contributed by atoms with Crippen molar-refractivity contribution < 1.29 is 109 Å². The highest BCUT2D eigenvalue weighted by Gasteiger charge is 2.70. The Morgan fingerprint density at radius 2 is 1.04 bits per heavy atom. The third-order valence-corrected chi connectivity index (χ3v) is 21.7. The van der Waals surface area contributed by atoms with Crippen LogP contribution in [0.4, 0.5) is 0 Å². The van der Waals surface area contributed by atoms with E-state index in [2.05, 4.69) is 40.7 Å². The zero-order valence-corrected chi connectivity index (χ0v) is 45.1. The SMILES string of the molecule is C[C@H]1O[C@@H](O[C@H]2CC[C@]3(C)[C@H]4CC=C5C6CC(C)(C)CC[C@]6(CO)CC[C@@]5(C)[C@]4(C)CC[C@H]3C2(C)CO)[C@H](O[C@@H]2O[C@H](CO)[C@@H](O)[C@H](O)[C@H]2O)[C@@H](O[C@@H]2O[C@H](CO)[C@@H](O[C@@H]3O[C@H](CO)[C@@H](O)[C@H](O)[C@H]3O)[C@H](O)[C@H]2O)[C@H]1O. The molecule has 0 aromatic carbocycles. The van der Waals surface area contributed by atoms with E-state index in [4.69, 9.17) is 37.9 Å². The Morgan fingerprint density at radius 3 is 1.61 bits per heavy atom. The quantitative estimate of drug-likeness (QED) is 0.0732. The van der Waals surface area contributed by atoms with E-state index in [1.54, 1.807) is 0 Å². The van der Waals surface area contributed by atoms with Crippen molar-refractivity contribution in [2.45, 2.75) is 242 Å². The lowest BCUT2D eigenvalue weighted by Crippen LogP contribution is -2.68. The molecule has 14 N–H and O–H groups in total. The number of allylic oxidation sites excluding steroid dienone is 2. The maximum atomic E-state index is 12.0. The average Bonchev–Trinajstić information content (AvgIpc) is 3.56. The minimum absolute atomic E-state index is 0.0570. The molecule has 22 heteroatoms. The maximum Gasteiger partial charge on any atom is 0.187 e. The predicted molar refractivity (Wildman–Crippen MR) is 263 cm³/mol. The first-order chi connectivity index (χ1) is 35.7. The number of fused-ring (bicyclic) bond motifs is 7. The van der Waals surface area contributed by atoms with Crippen molar-refractivity contribution in [1.29, 1.82) is 0 Å². The second kappa shape index (κ2) is 21.9. The second-order valence-corrected chi connectivity index (χ2v) is 26.2. The van der Waals surface area contributed by atoms with E-state index in [1.165, 1.54) is 12.5 Å². The molecule has 0 aromatic rings. The van der Waals surface area contributed by atoms with E-state index in [0.717, 1.165) is 51.4 Å². The number of hydrogen-bond donors (Lipinski definition) is 14. The number of aliphatic hydroxyl groups is 14. The molecule has 438 valence electrons. The minimum atomic E-state index is -2.05. The molecule has 0 spiro atoms. The molecule has 9 rings (SSSR count). The summed E-state index contributed by atoms with van der Waals surface area (Å²) in [5, 5.41) is 152. The highest BCUT2D eigenvalue weighted by Crippen LogP contribution is 2.76. The van der Waals surface area contributed by atoms with Crippen LogP contribution < -0.4 is 0 Å². The van der Waals surface area contributed by atoms with Gasteiger partial charge in [-0.3, -0.25) is 0 Å². The topological polar surface area (TPSA) is 357 Å². The standard InChI is InChI=1S/C54H90O22/c1-24-33(60)43(75-47-41(68)38(65)42(29(21-57)72-47)74-45-39(66)36(63)34(61)27(19-55)70-45)44(76-46-40(67)37(64)35(62)28(20-56)71-46)48(69-24)73-32-11-12-50(4)30(51(32,5)22-58)10-13-53(7)31(50)9-8-25-26-18-49(2,3)14-16-54(26,23-59)17-15-52(25,53)6/h8,24,26-48,55-68H,9-23H2,1-7H3/t24-,26?,27-,28-,29-,30-,31-,32+,33+,34-,35-,36+,37+,38-,39-,40-,41-,42-,43+,44-,45+,46+,47+,48+,50+,51?,52-,53-,54-/m1/s1. The number of rotatable bonds is 13. The van der Waals surface area contributed by atoms with E-state index < -0.39 is 154 Å². The van der Waals surface area contributed by atoms with Gasteiger partial charge >= 0.3 is 0 Å². The van der Waals surface area contributed by atoms with Gasteiger partial charge in [0.15, 0.2) is 25.2 Å². The number of aliphatic hydroxyl groups excluding tert-OH is 14. The van der Waals surface area contributed by atoms with Crippen LogP contribution in [0.25, 0.3) is 0 Å². The van der Waals surface area contributed by atoms with Crippen LogP contribution in [-0.4, -0.2) is 233 Å². The van der Waals surface area contributed by atoms with Crippen molar-refractivity contribution in [2.24, 2.45) is 50.2 Å². The summed E-state index contributed by atoms with van der Waals surface area (Å²) in [6, 6.07) is 0. The summed E-state index contributed by atoms with van der Waals surface area (Å²) >= 11 is 0. The summed E-state index contributed by atoms with van der Waals surface area (Å²) in [7, 11) is 0. The molecular formula is C54H90O22. The van der Waals surface area contributed by atoms with Gasteiger partial charge in [-0.1, -0.05) is 53.2 Å². The normalized spacial score (nSPS) is 55.4. The summed E-state index contributed by atoms with van der Waals surface area (Å²) in [5.74, 6) is 0.502. The first kappa shape index (κ1) is 59.5. The molecule has 4 aliphatic heterocycles. The summed E-state index contributed by atoms with van der Waals surface area (Å²) < 4.78 is 49.1. The Morgan fingerprint density at radius 1 is 0.500 bits per heavy atom. The third kappa shape index (κ3) is 9.61. The molecule has 9 aliphatic rings. The molecule has 0 aromatic heterocycles. The zero-order chi connectivity index (χ0) is 55.4. The van der Waals surface area contributed by atoms with Crippen molar-refractivity contribution in [1.82, 2.24) is 0 Å². The number of ether oxygens (including phenoxy) is 8. The smallest absolute Gasteiger partial charge is 0.187 e. The fraction of sp³-hybridized carbons (Fsp3) is 0.963. The van der Waals surface area contributed by atoms with Crippen LogP contribution in [0.5, 0.6) is 0 Å². The van der Waals surface area contributed by atoms with Gasteiger partial charge in [0.2, 0.25) is 0 Å². The van der Waals surface area contributed by atoms with Crippen LogP contribution in [0.15, 0.2) is 11.6 Å². The van der Waals surface area contributed by atoms with Gasteiger partial charge in [-0.05, 0) is 111 Å². The zero-order valence-electron chi connectivity index (χ0n) is 45.1. The maximum absolute atomic E-state index is 12.0. The fourth-order valence-corrected chi connectivity index (χ4v) is 16.6. The van der Waals surface area contributed by atoms with Crippen LogP contribution in [-0.2, 0) is 37.9 Å². The van der Waals surface area contributed by atoms with Gasteiger partial charge in [-0.2, -0.15) is 0 Å². The van der Waals surface area contributed by atoms with Gasteiger partial charge in [0.1, 0.15) is 91.6 Å². The largest absolute Gasteiger partial charge is 0.396 e. The second-order valence-electron chi connectivity index (χ2n) is 26.2. The van der Waals surface area contributed by atoms with Crippen LogP contribution in [0.2, 0.25) is 0 Å².